The zero-order valence-corrected chi connectivity index (χ0v) is 16.5. The summed E-state index contributed by atoms with van der Waals surface area (Å²) in [5.74, 6) is -0.530. The van der Waals surface area contributed by atoms with E-state index in [2.05, 4.69) is 4.90 Å². The first-order valence-electron chi connectivity index (χ1n) is 8.99. The normalized spacial score (nSPS) is 20.5. The van der Waals surface area contributed by atoms with Crippen LogP contribution in [0.2, 0.25) is 5.02 Å². The van der Waals surface area contributed by atoms with E-state index in [1.165, 1.54) is 4.42 Å². The summed E-state index contributed by atoms with van der Waals surface area (Å²) in [6.07, 6.45) is 0. The Hall–Kier alpha value is -2.44. The molecule has 2 saturated heterocycles. The van der Waals surface area contributed by atoms with Crippen molar-refractivity contribution in [3.05, 3.63) is 64.7 Å². The first-order valence-corrected chi connectivity index (χ1v) is 9.70. The lowest BCUT2D eigenvalue weighted by molar-refractivity contribution is 0.0697. The third-order valence-corrected chi connectivity index (χ3v) is 5.91. The average Bonchev–Trinajstić information content (AvgIpc) is 3.00. The molecule has 0 radical (unpaired) electrons. The Labute approximate surface area is 173 Å². The summed E-state index contributed by atoms with van der Waals surface area (Å²) in [6, 6.07) is 14.1. The molecule has 0 bridgehead atoms. The number of aromatic carboxylic acids is 1. The van der Waals surface area contributed by atoms with E-state index < -0.39 is 5.97 Å². The summed E-state index contributed by atoms with van der Waals surface area (Å²) >= 11 is 12.1. The second kappa shape index (κ2) is 7.53. The predicted molar refractivity (Wildman–Crippen MR) is 108 cm³/mol. The Kier molecular flexibility index (Phi) is 5.08. The zero-order valence-electron chi connectivity index (χ0n) is 15.0. The maximum Gasteiger partial charge on any atom is 0.335 e. The first kappa shape index (κ1) is 18.9. The van der Waals surface area contributed by atoms with Gasteiger partial charge in [-0.15, -0.1) is 0 Å². The third kappa shape index (κ3) is 3.62. The van der Waals surface area contributed by atoms with Gasteiger partial charge in [0.05, 0.1) is 18.2 Å². The fraction of sp³-hybridized carbons (Fsp3) is 0.300. The molecule has 8 heteroatoms. The fourth-order valence-corrected chi connectivity index (χ4v) is 4.23. The summed E-state index contributed by atoms with van der Waals surface area (Å²) in [6.45, 7) is 2.44. The molecular formula is C20H19Cl2N3O3. The molecule has 2 aromatic rings. The Balaban J connectivity index is 1.36. The lowest BCUT2D eigenvalue weighted by Gasteiger charge is -2.45. The third-order valence-electron chi connectivity index (χ3n) is 5.40. The lowest BCUT2D eigenvalue weighted by Crippen LogP contribution is -2.55. The van der Waals surface area contributed by atoms with Gasteiger partial charge in [-0.2, -0.15) is 0 Å². The maximum absolute atomic E-state index is 12.7. The van der Waals surface area contributed by atoms with Crippen molar-refractivity contribution in [2.45, 2.75) is 12.6 Å². The molecule has 2 amide bonds. The number of urea groups is 1. The van der Waals surface area contributed by atoms with Crippen LogP contribution >= 0.6 is 23.4 Å². The van der Waals surface area contributed by atoms with Crippen molar-refractivity contribution in [3.8, 4) is 0 Å². The number of hydrogen-bond donors (Lipinski definition) is 1. The first-order chi connectivity index (χ1) is 13.4. The molecule has 0 aromatic heterocycles. The van der Waals surface area contributed by atoms with Gasteiger partial charge in [0.25, 0.3) is 0 Å². The molecule has 4 rings (SSSR count). The van der Waals surface area contributed by atoms with Crippen LogP contribution in [-0.2, 0) is 6.54 Å². The number of rotatable bonds is 4. The molecule has 2 heterocycles. The number of hydrogen-bond acceptors (Lipinski definition) is 3. The molecule has 2 aliphatic heterocycles. The van der Waals surface area contributed by atoms with Crippen LogP contribution in [0.1, 0.15) is 15.9 Å². The summed E-state index contributed by atoms with van der Waals surface area (Å²) in [4.78, 5) is 27.7. The Bertz CT molecular complexity index is 889. The monoisotopic (exact) mass is 419 g/mol. The van der Waals surface area contributed by atoms with E-state index in [0.29, 0.717) is 30.6 Å². The fourth-order valence-electron chi connectivity index (χ4n) is 3.86. The molecule has 2 atom stereocenters. The van der Waals surface area contributed by atoms with Crippen LogP contribution < -0.4 is 4.90 Å². The molecule has 28 heavy (non-hydrogen) atoms. The Morgan fingerprint density at radius 3 is 2.36 bits per heavy atom. The highest BCUT2D eigenvalue weighted by Crippen LogP contribution is 2.37. The van der Waals surface area contributed by atoms with Gasteiger partial charge in [0.15, 0.2) is 0 Å². The average molecular weight is 420 g/mol. The zero-order chi connectivity index (χ0) is 19.8. The van der Waals surface area contributed by atoms with Gasteiger partial charge in [-0.3, -0.25) is 0 Å². The Morgan fingerprint density at radius 1 is 1.04 bits per heavy atom. The van der Waals surface area contributed by atoms with Gasteiger partial charge in [0, 0.05) is 48.0 Å². The van der Waals surface area contributed by atoms with Crippen molar-refractivity contribution in [1.29, 1.82) is 0 Å². The highest BCUT2D eigenvalue weighted by molar-refractivity contribution is 6.30. The van der Waals surface area contributed by atoms with Crippen LogP contribution in [-0.4, -0.2) is 52.1 Å². The number of halogens is 2. The van der Waals surface area contributed by atoms with Crippen molar-refractivity contribution >= 4 is 41.1 Å². The van der Waals surface area contributed by atoms with Crippen molar-refractivity contribution in [1.82, 2.24) is 9.32 Å². The number of carbonyl (C=O) groups is 2. The van der Waals surface area contributed by atoms with Crippen molar-refractivity contribution in [2.24, 2.45) is 5.92 Å². The van der Waals surface area contributed by atoms with Crippen molar-refractivity contribution < 1.29 is 14.7 Å². The standard InChI is InChI=1S/C20H19Cl2N3O3/c21-16-5-1-13(2-6-16)9-25(22)20(28)23-10-15-11-24(18(15)12-23)17-7-3-14(4-8-17)19(26)27/h1-8,15,18H,9-12H2,(H,26,27). The van der Waals surface area contributed by atoms with Crippen LogP contribution in [0.5, 0.6) is 0 Å². The molecule has 2 fully saturated rings. The van der Waals surface area contributed by atoms with Crippen LogP contribution in [0.25, 0.3) is 0 Å². The largest absolute Gasteiger partial charge is 0.478 e. The van der Waals surface area contributed by atoms with Crippen LogP contribution in [0.15, 0.2) is 48.5 Å². The number of anilines is 1. The second-order valence-electron chi connectivity index (χ2n) is 7.17. The molecule has 0 spiro atoms. The van der Waals surface area contributed by atoms with E-state index in [-0.39, 0.29) is 17.6 Å². The van der Waals surface area contributed by atoms with E-state index in [4.69, 9.17) is 28.5 Å². The topological polar surface area (TPSA) is 64.1 Å². The molecule has 2 aliphatic rings. The SMILES string of the molecule is O=C(O)c1ccc(N2CC3CN(C(=O)N(Cl)Cc4ccc(Cl)cc4)CC32)cc1. The van der Waals surface area contributed by atoms with E-state index in [0.717, 1.165) is 17.8 Å². The highest BCUT2D eigenvalue weighted by atomic mass is 35.5. The van der Waals surface area contributed by atoms with Gasteiger partial charge < -0.3 is 14.9 Å². The number of amides is 2. The molecule has 146 valence electrons. The molecule has 2 unspecified atom stereocenters. The van der Waals surface area contributed by atoms with Gasteiger partial charge in [0.1, 0.15) is 0 Å². The van der Waals surface area contributed by atoms with Gasteiger partial charge in [-0.1, -0.05) is 23.7 Å². The number of benzene rings is 2. The number of carboxylic acid groups (broad SMARTS) is 1. The smallest absolute Gasteiger partial charge is 0.335 e. The van der Waals surface area contributed by atoms with Gasteiger partial charge in [0.2, 0.25) is 0 Å². The van der Waals surface area contributed by atoms with E-state index in [9.17, 15) is 9.59 Å². The maximum atomic E-state index is 12.7. The van der Waals surface area contributed by atoms with Gasteiger partial charge in [-0.25, -0.2) is 14.0 Å². The number of carbonyl (C=O) groups excluding carboxylic acids is 1. The molecular weight excluding hydrogens is 401 g/mol. The summed E-state index contributed by atoms with van der Waals surface area (Å²) in [5, 5.41) is 9.66. The van der Waals surface area contributed by atoms with Crippen LogP contribution in [0.4, 0.5) is 10.5 Å². The minimum Gasteiger partial charge on any atom is -0.478 e. The van der Waals surface area contributed by atoms with Crippen LogP contribution in [0.3, 0.4) is 0 Å². The molecule has 0 aliphatic carbocycles. The van der Waals surface area contributed by atoms with E-state index >= 15 is 0 Å². The molecule has 0 saturated carbocycles. The molecule has 1 N–H and O–H groups in total. The van der Waals surface area contributed by atoms with Gasteiger partial charge >= 0.3 is 12.0 Å². The van der Waals surface area contributed by atoms with E-state index in [1.807, 2.05) is 24.3 Å². The quantitative estimate of drug-likeness (QED) is 0.762. The van der Waals surface area contributed by atoms with Crippen molar-refractivity contribution in [2.75, 3.05) is 24.5 Å². The second-order valence-corrected chi connectivity index (χ2v) is 8.01. The number of likely N-dealkylation sites (tertiary alicyclic amines) is 1. The lowest BCUT2D eigenvalue weighted by atomic mass is 9.91. The summed E-state index contributed by atoms with van der Waals surface area (Å²) < 4.78 is 1.21. The molecule has 2 aromatic carbocycles. The minimum atomic E-state index is -0.937. The summed E-state index contributed by atoms with van der Waals surface area (Å²) in [5.41, 5.74) is 2.16. The van der Waals surface area contributed by atoms with Crippen molar-refractivity contribution in [3.63, 3.8) is 0 Å². The Morgan fingerprint density at radius 2 is 1.71 bits per heavy atom. The number of nitrogens with zero attached hydrogens (tertiary/aromatic N) is 3. The van der Waals surface area contributed by atoms with E-state index in [1.54, 1.807) is 29.2 Å². The number of carboxylic acids is 1. The predicted octanol–water partition coefficient (Wildman–Crippen LogP) is 3.93. The summed E-state index contributed by atoms with van der Waals surface area (Å²) in [7, 11) is 0. The number of fused-ring (bicyclic) bond motifs is 1. The molecule has 6 nitrogen and oxygen atoms in total. The highest BCUT2D eigenvalue weighted by Gasteiger charge is 2.47. The van der Waals surface area contributed by atoms with Crippen LogP contribution in [0, 0.1) is 5.92 Å². The van der Waals surface area contributed by atoms with Gasteiger partial charge in [-0.05, 0) is 42.0 Å². The minimum absolute atomic E-state index is 0.202.